The lowest BCUT2D eigenvalue weighted by Crippen LogP contribution is -2.00. The van der Waals surface area contributed by atoms with Gasteiger partial charge >= 0.3 is 0 Å². The Hall–Kier alpha value is -15.9. The molecule has 0 amide bonds. The SMILES string of the molecule is c1ccc(-c2nc(-c3ccc(-c4cc5ccc(-c6ccc(-c7cccc(-c8nc(-c9ccc(-c%10cc%11ccc(-c%12ccc(-c%13ccccc%13)c%13ccccc%12%13)cc%11c%11ccccc%10%11)cc9)nc(-c9cccc%10c9oc9ccccc9%10)n8)c7)cc6-c6ccccc6)cc5c5ccccc45)cc3)nc(-c3cccc4c3oc3ccccc34)n2)cc1. The van der Waals surface area contributed by atoms with Crippen LogP contribution in [0.15, 0.2) is 409 Å². The van der Waals surface area contributed by atoms with Crippen molar-refractivity contribution in [2.45, 2.75) is 0 Å². The molecule has 118 heavy (non-hydrogen) atoms. The number of para-hydroxylation sites is 4. The van der Waals surface area contributed by atoms with Crippen molar-refractivity contribution in [2.75, 3.05) is 0 Å². The van der Waals surface area contributed by atoms with E-state index in [1.54, 1.807) is 0 Å². The van der Waals surface area contributed by atoms with Crippen molar-refractivity contribution in [1.29, 1.82) is 0 Å². The zero-order valence-electron chi connectivity index (χ0n) is 63.6. The highest BCUT2D eigenvalue weighted by Crippen LogP contribution is 2.46. The lowest BCUT2D eigenvalue weighted by molar-refractivity contribution is 0.669. The van der Waals surface area contributed by atoms with E-state index >= 15 is 0 Å². The van der Waals surface area contributed by atoms with E-state index in [2.05, 4.69) is 322 Å². The fraction of sp³-hybridized carbons (Fsp3) is 0. The first kappa shape index (κ1) is 67.8. The summed E-state index contributed by atoms with van der Waals surface area (Å²) in [4.78, 5) is 31.5. The molecule has 0 bridgehead atoms. The van der Waals surface area contributed by atoms with E-state index in [1.165, 1.54) is 65.3 Å². The third kappa shape index (κ3) is 11.8. The lowest BCUT2D eigenvalue weighted by Gasteiger charge is -2.16. The molecule has 23 aromatic rings. The second-order valence-corrected chi connectivity index (χ2v) is 30.3. The Morgan fingerprint density at radius 3 is 0.932 bits per heavy atom. The normalized spacial score (nSPS) is 11.7. The Labute approximate surface area is 678 Å². The minimum atomic E-state index is 0.516. The first-order chi connectivity index (χ1) is 58.4. The van der Waals surface area contributed by atoms with Crippen molar-refractivity contribution < 1.29 is 8.83 Å². The largest absolute Gasteiger partial charge is 0.455 e. The molecule has 4 aromatic heterocycles. The Bertz CT molecular complexity index is 7980. The van der Waals surface area contributed by atoms with Crippen molar-refractivity contribution >= 4 is 97.7 Å². The summed E-state index contributed by atoms with van der Waals surface area (Å²) in [5, 5.41) is 16.0. The maximum absolute atomic E-state index is 6.70. The first-order valence-electron chi connectivity index (χ1n) is 39.9. The van der Waals surface area contributed by atoms with E-state index < -0.39 is 0 Å². The highest BCUT2D eigenvalue weighted by molar-refractivity contribution is 6.18. The quantitative estimate of drug-likeness (QED) is 0.105. The van der Waals surface area contributed by atoms with Crippen LogP contribution in [0.2, 0.25) is 0 Å². The number of fused-ring (bicyclic) bond motifs is 13. The van der Waals surface area contributed by atoms with Gasteiger partial charge < -0.3 is 8.83 Å². The molecule has 0 N–H and O–H groups in total. The average molecular weight is 1500 g/mol. The Kier molecular flexibility index (Phi) is 16.1. The van der Waals surface area contributed by atoms with Gasteiger partial charge in [-0.25, -0.2) is 29.9 Å². The number of rotatable bonds is 13. The minimum absolute atomic E-state index is 0.516. The smallest absolute Gasteiger partial charge is 0.167 e. The van der Waals surface area contributed by atoms with Crippen LogP contribution in [0.1, 0.15) is 0 Å². The Morgan fingerprint density at radius 2 is 0.441 bits per heavy atom. The molecule has 0 unspecified atom stereocenters. The molecule has 8 heteroatoms. The van der Waals surface area contributed by atoms with Gasteiger partial charge in [-0.1, -0.05) is 340 Å². The number of hydrogen-bond donors (Lipinski definition) is 0. The van der Waals surface area contributed by atoms with Crippen LogP contribution in [0.4, 0.5) is 0 Å². The molecule has 0 saturated carbocycles. The van der Waals surface area contributed by atoms with E-state index in [-0.39, 0.29) is 0 Å². The molecule has 8 nitrogen and oxygen atoms in total. The van der Waals surface area contributed by atoms with Crippen molar-refractivity contribution in [3.05, 3.63) is 400 Å². The van der Waals surface area contributed by atoms with Crippen LogP contribution < -0.4 is 0 Å². The van der Waals surface area contributed by atoms with Crippen LogP contribution in [0, 0.1) is 0 Å². The van der Waals surface area contributed by atoms with Gasteiger partial charge in [-0.05, 0) is 192 Å². The van der Waals surface area contributed by atoms with Crippen LogP contribution in [-0.2, 0) is 0 Å². The molecule has 19 aromatic carbocycles. The van der Waals surface area contributed by atoms with Gasteiger partial charge in [0.05, 0.1) is 11.1 Å². The van der Waals surface area contributed by atoms with Crippen LogP contribution in [-0.4, -0.2) is 29.9 Å². The number of aromatic nitrogens is 6. The molecule has 0 fully saturated rings. The van der Waals surface area contributed by atoms with Gasteiger partial charge in [0.25, 0.3) is 0 Å². The van der Waals surface area contributed by atoms with Gasteiger partial charge in [0, 0.05) is 43.8 Å². The highest BCUT2D eigenvalue weighted by Gasteiger charge is 2.24. The molecule has 548 valence electrons. The molecule has 23 rings (SSSR count). The van der Waals surface area contributed by atoms with Gasteiger partial charge in [-0.2, -0.15) is 0 Å². The van der Waals surface area contributed by atoms with E-state index in [1.807, 2.05) is 78.9 Å². The Balaban J connectivity index is 0.585. The van der Waals surface area contributed by atoms with Crippen molar-refractivity contribution in [3.8, 4) is 146 Å². The summed E-state index contributed by atoms with van der Waals surface area (Å²) in [5.74, 6) is 3.32. The van der Waals surface area contributed by atoms with Crippen LogP contribution in [0.5, 0.6) is 0 Å². The third-order valence-corrected chi connectivity index (χ3v) is 23.4. The summed E-state index contributed by atoms with van der Waals surface area (Å²) in [6.45, 7) is 0. The maximum atomic E-state index is 6.70. The second kappa shape index (κ2) is 28.0. The number of nitrogens with zero attached hydrogens (tertiary/aromatic N) is 6. The summed E-state index contributed by atoms with van der Waals surface area (Å²) in [6.07, 6.45) is 0. The molecule has 0 atom stereocenters. The summed E-state index contributed by atoms with van der Waals surface area (Å²) in [7, 11) is 0. The lowest BCUT2D eigenvalue weighted by atomic mass is 9.88. The predicted octanol–water partition coefficient (Wildman–Crippen LogP) is 29.3. The summed E-state index contributed by atoms with van der Waals surface area (Å²) in [5.41, 5.74) is 24.0. The fourth-order valence-electron chi connectivity index (χ4n) is 17.6. The average Bonchev–Trinajstić information content (AvgIpc) is 0.769. The topological polar surface area (TPSA) is 104 Å². The Morgan fingerprint density at radius 1 is 0.136 bits per heavy atom. The molecule has 4 heterocycles. The van der Waals surface area contributed by atoms with Gasteiger partial charge in [-0.15, -0.1) is 0 Å². The predicted molar refractivity (Wildman–Crippen MR) is 486 cm³/mol. The summed E-state index contributed by atoms with van der Waals surface area (Å²) in [6, 6.07) is 142. The van der Waals surface area contributed by atoms with Gasteiger partial charge in [0.2, 0.25) is 0 Å². The number of furan rings is 2. The molecule has 0 aliphatic carbocycles. The molecule has 0 spiro atoms. The van der Waals surface area contributed by atoms with E-state index in [0.717, 1.165) is 144 Å². The van der Waals surface area contributed by atoms with Crippen molar-refractivity contribution in [3.63, 3.8) is 0 Å². The summed E-state index contributed by atoms with van der Waals surface area (Å²) >= 11 is 0. The van der Waals surface area contributed by atoms with Crippen LogP contribution in [0.25, 0.3) is 244 Å². The third-order valence-electron chi connectivity index (χ3n) is 23.4. The van der Waals surface area contributed by atoms with Crippen LogP contribution >= 0.6 is 0 Å². The molecular formula is C110H66N6O2. The second-order valence-electron chi connectivity index (χ2n) is 30.3. The van der Waals surface area contributed by atoms with Gasteiger partial charge in [0.15, 0.2) is 34.9 Å². The molecule has 0 aliphatic heterocycles. The first-order valence-corrected chi connectivity index (χ1v) is 39.9. The van der Waals surface area contributed by atoms with E-state index in [9.17, 15) is 0 Å². The molecule has 0 saturated heterocycles. The molecule has 0 radical (unpaired) electrons. The maximum Gasteiger partial charge on any atom is 0.167 e. The number of hydrogen-bond acceptors (Lipinski definition) is 8. The van der Waals surface area contributed by atoms with Crippen molar-refractivity contribution in [1.82, 2.24) is 29.9 Å². The van der Waals surface area contributed by atoms with Gasteiger partial charge in [0.1, 0.15) is 22.3 Å². The monoisotopic (exact) mass is 1500 g/mol. The van der Waals surface area contributed by atoms with E-state index in [4.69, 9.17) is 38.7 Å². The van der Waals surface area contributed by atoms with Crippen molar-refractivity contribution in [2.24, 2.45) is 0 Å². The molecule has 0 aliphatic rings. The zero-order valence-corrected chi connectivity index (χ0v) is 63.6. The highest BCUT2D eigenvalue weighted by atomic mass is 16.3. The van der Waals surface area contributed by atoms with E-state index in [0.29, 0.717) is 34.9 Å². The minimum Gasteiger partial charge on any atom is -0.455 e. The fourth-order valence-corrected chi connectivity index (χ4v) is 17.6. The summed E-state index contributed by atoms with van der Waals surface area (Å²) < 4.78 is 13.2. The van der Waals surface area contributed by atoms with Crippen LogP contribution in [0.3, 0.4) is 0 Å². The number of benzene rings is 19. The zero-order chi connectivity index (χ0) is 77.7. The van der Waals surface area contributed by atoms with Gasteiger partial charge in [-0.3, -0.25) is 0 Å². The molecular weight excluding hydrogens is 1440 g/mol. The standard InChI is InChI=1S/C110H66N6O2/c1-4-23-67(24-5-1)81-59-60-82(85-32-11-10-31-84(81)85)76-53-55-78-65-97(86-33-12-14-35-88(86)99(78)63-76)70-47-51-73(52-48-70)107-112-108(116-110(115-107)95-42-22-40-93-91-38-17-19-44-102(91)118-104(93)95)80-30-20-29-74(61-80)75-57-58-83(96(62-75)68-25-6-2-7-26-68)77-54-56-79-66-98(87-34-13-15-36-89(87)100(79)64-77)69-45-49-72(50-46-69)106-111-105(71-27-8-3-9-28-71)113-109(114-106)94-41-21-39-92-90-37-16-18-43-101(90)117-103(92)94/h1-66H.